The zero-order valence-corrected chi connectivity index (χ0v) is 19.1. The zero-order chi connectivity index (χ0) is 21.5. The minimum Gasteiger partial charge on any atom is -0.328 e. The predicted octanol–water partition coefficient (Wildman–Crippen LogP) is 4.78. The number of piperidine rings is 1. The molecule has 0 amide bonds. The van der Waals surface area contributed by atoms with Gasteiger partial charge in [0, 0.05) is 30.5 Å². The van der Waals surface area contributed by atoms with Crippen molar-refractivity contribution in [3.8, 4) is 11.3 Å². The molecule has 1 aliphatic heterocycles. The first-order valence-electron chi connectivity index (χ1n) is 11.5. The lowest BCUT2D eigenvalue weighted by Crippen LogP contribution is -2.46. The number of fused-ring (bicyclic) bond motifs is 2. The van der Waals surface area contributed by atoms with Crippen LogP contribution in [0, 0.1) is 12.8 Å². The SMILES string of the molecule is Cc1cn2c(-c3cn[nH]c3)cnc2c(Nc2cc(CN3CCCC4CCCCC43)ns2)n1. The number of rotatable bonds is 5. The fourth-order valence-electron chi connectivity index (χ4n) is 5.49. The van der Waals surface area contributed by atoms with Gasteiger partial charge in [-0.2, -0.15) is 9.47 Å². The Morgan fingerprint density at radius 2 is 2.09 bits per heavy atom. The van der Waals surface area contributed by atoms with Gasteiger partial charge in [0.05, 0.1) is 29.5 Å². The molecule has 4 aromatic heterocycles. The van der Waals surface area contributed by atoms with Gasteiger partial charge in [0.2, 0.25) is 0 Å². The molecule has 1 aliphatic carbocycles. The van der Waals surface area contributed by atoms with Crippen LogP contribution in [0.3, 0.4) is 0 Å². The van der Waals surface area contributed by atoms with Gasteiger partial charge >= 0.3 is 0 Å². The molecule has 0 bridgehead atoms. The minimum atomic E-state index is 0.750. The summed E-state index contributed by atoms with van der Waals surface area (Å²) in [5.41, 5.74) is 4.85. The van der Waals surface area contributed by atoms with Crippen molar-refractivity contribution in [2.75, 3.05) is 11.9 Å². The Balaban J connectivity index is 1.23. The van der Waals surface area contributed by atoms with Crippen LogP contribution in [0.15, 0.2) is 30.9 Å². The normalized spacial score (nSPS) is 21.7. The molecule has 8 nitrogen and oxygen atoms in total. The number of aromatic amines is 1. The third-order valence-corrected chi connectivity index (χ3v) is 7.67. The average molecular weight is 449 g/mol. The number of imidazole rings is 1. The standard InChI is InChI=1S/C23H28N8S/c1-15-13-31-20(17-10-25-26-11-17)12-24-23(31)22(27-15)28-21-9-18(29-32-21)14-30-8-4-6-16-5-2-3-7-19(16)30/h9-13,16,19H,2-8,14H2,1H3,(H,25,26)(H,27,28). The van der Waals surface area contributed by atoms with E-state index < -0.39 is 0 Å². The number of hydrogen-bond acceptors (Lipinski definition) is 7. The van der Waals surface area contributed by atoms with Crippen molar-refractivity contribution in [1.82, 2.24) is 33.8 Å². The predicted molar refractivity (Wildman–Crippen MR) is 126 cm³/mol. The van der Waals surface area contributed by atoms with Crippen LogP contribution in [0.5, 0.6) is 0 Å². The van der Waals surface area contributed by atoms with Crippen molar-refractivity contribution < 1.29 is 0 Å². The highest BCUT2D eigenvalue weighted by Crippen LogP contribution is 2.36. The molecule has 0 aromatic carbocycles. The summed E-state index contributed by atoms with van der Waals surface area (Å²) in [4.78, 5) is 12.0. The maximum absolute atomic E-state index is 4.76. The third kappa shape index (κ3) is 3.69. The van der Waals surface area contributed by atoms with Crippen LogP contribution in [0.1, 0.15) is 49.9 Å². The Labute approximate surface area is 191 Å². The number of aryl methyl sites for hydroxylation is 1. The van der Waals surface area contributed by atoms with Crippen molar-refractivity contribution in [2.45, 2.75) is 58.0 Å². The number of nitrogens with zero attached hydrogens (tertiary/aromatic N) is 6. The summed E-state index contributed by atoms with van der Waals surface area (Å²) in [5.74, 6) is 1.64. The fourth-order valence-corrected chi connectivity index (χ4v) is 6.15. The molecular weight excluding hydrogens is 420 g/mol. The number of likely N-dealkylation sites (tertiary alicyclic amines) is 1. The van der Waals surface area contributed by atoms with Crippen LogP contribution < -0.4 is 5.32 Å². The second-order valence-corrected chi connectivity index (χ2v) is 9.89. The number of nitrogens with one attached hydrogen (secondary N) is 2. The maximum atomic E-state index is 4.76. The van der Waals surface area contributed by atoms with Gasteiger partial charge in [0.1, 0.15) is 5.00 Å². The van der Waals surface area contributed by atoms with Crippen LogP contribution in [0.25, 0.3) is 16.9 Å². The summed E-state index contributed by atoms with van der Waals surface area (Å²) in [7, 11) is 0. The largest absolute Gasteiger partial charge is 0.328 e. The monoisotopic (exact) mass is 448 g/mol. The van der Waals surface area contributed by atoms with Gasteiger partial charge in [-0.3, -0.25) is 14.4 Å². The first kappa shape index (κ1) is 19.9. The first-order chi connectivity index (χ1) is 15.7. The van der Waals surface area contributed by atoms with E-state index in [-0.39, 0.29) is 0 Å². The van der Waals surface area contributed by atoms with E-state index in [1.807, 2.05) is 25.5 Å². The number of H-pyrrole nitrogens is 1. The van der Waals surface area contributed by atoms with E-state index in [2.05, 4.69) is 35.9 Å². The number of anilines is 2. The van der Waals surface area contributed by atoms with Gasteiger partial charge in [-0.25, -0.2) is 9.97 Å². The van der Waals surface area contributed by atoms with Crippen LogP contribution in [0.4, 0.5) is 10.8 Å². The molecule has 2 unspecified atom stereocenters. The molecule has 6 rings (SSSR count). The van der Waals surface area contributed by atoms with Gasteiger partial charge in [-0.1, -0.05) is 12.8 Å². The highest BCUT2D eigenvalue weighted by atomic mass is 32.1. The summed E-state index contributed by atoms with van der Waals surface area (Å²) in [6, 6.07) is 2.93. The van der Waals surface area contributed by atoms with Crippen LogP contribution in [-0.4, -0.2) is 46.4 Å². The third-order valence-electron chi connectivity index (χ3n) is 6.93. The van der Waals surface area contributed by atoms with Gasteiger partial charge in [-0.05, 0) is 62.7 Å². The molecule has 2 fully saturated rings. The van der Waals surface area contributed by atoms with E-state index in [0.717, 1.165) is 57.6 Å². The molecule has 5 heterocycles. The average Bonchev–Trinajstić information content (AvgIpc) is 3.55. The summed E-state index contributed by atoms with van der Waals surface area (Å²) in [5, 5.41) is 11.4. The summed E-state index contributed by atoms with van der Waals surface area (Å²) >= 11 is 1.50. The van der Waals surface area contributed by atoms with Gasteiger partial charge in [0.15, 0.2) is 11.5 Å². The van der Waals surface area contributed by atoms with Crippen molar-refractivity contribution >= 4 is 28.0 Å². The highest BCUT2D eigenvalue weighted by Gasteiger charge is 2.33. The maximum Gasteiger partial charge on any atom is 0.180 e. The molecule has 2 atom stereocenters. The molecule has 0 spiro atoms. The molecule has 1 saturated carbocycles. The summed E-state index contributed by atoms with van der Waals surface area (Å²) in [6.45, 7) is 4.15. The summed E-state index contributed by atoms with van der Waals surface area (Å²) in [6.07, 6.45) is 15.8. The van der Waals surface area contributed by atoms with Crippen LogP contribution in [-0.2, 0) is 6.54 Å². The van der Waals surface area contributed by atoms with Crippen molar-refractivity contribution in [3.05, 3.63) is 42.2 Å². The Bertz CT molecular complexity index is 1210. The van der Waals surface area contributed by atoms with Gasteiger partial charge < -0.3 is 5.32 Å². The lowest BCUT2D eigenvalue weighted by molar-refractivity contribution is 0.0539. The lowest BCUT2D eigenvalue weighted by Gasteiger charge is -2.43. The first-order valence-corrected chi connectivity index (χ1v) is 12.3. The summed E-state index contributed by atoms with van der Waals surface area (Å²) < 4.78 is 6.83. The topological polar surface area (TPSA) is 87.0 Å². The molecule has 2 aliphatic rings. The van der Waals surface area contributed by atoms with Crippen LogP contribution in [0.2, 0.25) is 0 Å². The number of aromatic nitrogens is 6. The molecule has 2 N–H and O–H groups in total. The molecule has 4 aromatic rings. The number of hydrogen-bond donors (Lipinski definition) is 2. The van der Waals surface area contributed by atoms with E-state index in [9.17, 15) is 0 Å². The molecule has 1 saturated heterocycles. The second kappa shape index (κ2) is 8.29. The van der Waals surface area contributed by atoms with Crippen molar-refractivity contribution in [1.29, 1.82) is 0 Å². The molecule has 0 radical (unpaired) electrons. The highest BCUT2D eigenvalue weighted by molar-refractivity contribution is 7.10. The Kier molecular flexibility index (Phi) is 5.15. The van der Waals surface area contributed by atoms with E-state index in [0.29, 0.717) is 0 Å². The van der Waals surface area contributed by atoms with Gasteiger partial charge in [-0.15, -0.1) is 0 Å². The fraction of sp³-hybridized carbons (Fsp3) is 0.478. The molecule has 166 valence electrons. The Morgan fingerprint density at radius 1 is 1.19 bits per heavy atom. The quantitative estimate of drug-likeness (QED) is 0.457. The molecule has 32 heavy (non-hydrogen) atoms. The van der Waals surface area contributed by atoms with Crippen molar-refractivity contribution in [3.63, 3.8) is 0 Å². The van der Waals surface area contributed by atoms with E-state index in [1.165, 1.54) is 56.6 Å². The van der Waals surface area contributed by atoms with Crippen LogP contribution >= 0.6 is 11.5 Å². The Morgan fingerprint density at radius 3 is 3.00 bits per heavy atom. The lowest BCUT2D eigenvalue weighted by atomic mass is 9.78. The van der Waals surface area contributed by atoms with E-state index in [1.54, 1.807) is 6.20 Å². The second-order valence-electron chi connectivity index (χ2n) is 9.09. The smallest absolute Gasteiger partial charge is 0.180 e. The molecule has 9 heteroatoms. The van der Waals surface area contributed by atoms with E-state index >= 15 is 0 Å². The van der Waals surface area contributed by atoms with Crippen molar-refractivity contribution in [2.24, 2.45) is 5.92 Å². The molecular formula is C23H28N8S. The van der Waals surface area contributed by atoms with E-state index in [4.69, 9.17) is 9.36 Å². The minimum absolute atomic E-state index is 0.750. The Hall–Kier alpha value is -2.78. The zero-order valence-electron chi connectivity index (χ0n) is 18.3. The van der Waals surface area contributed by atoms with Gasteiger partial charge in [0.25, 0.3) is 0 Å².